The molecule has 1 aromatic heterocycles. The summed E-state index contributed by atoms with van der Waals surface area (Å²) < 4.78 is 2.38. The molecular formula is C76H75ClN4S. The van der Waals surface area contributed by atoms with Gasteiger partial charge in [0.15, 0.2) is 0 Å². The van der Waals surface area contributed by atoms with Gasteiger partial charge in [-0.3, -0.25) is 0 Å². The molecule has 4 nitrogen and oxygen atoms in total. The maximum Gasteiger partial charge on any atom is 0.0887 e. The first-order valence-corrected chi connectivity index (χ1v) is 29.9. The monoisotopic (exact) mass is 1110 g/mol. The Balaban J connectivity index is 1.20. The van der Waals surface area contributed by atoms with Gasteiger partial charge in [-0.1, -0.05) is 193 Å². The van der Waals surface area contributed by atoms with E-state index in [1.807, 2.05) is 11.3 Å². The van der Waals surface area contributed by atoms with E-state index in [-0.39, 0.29) is 16.2 Å². The fourth-order valence-corrected chi connectivity index (χ4v) is 12.5. The average molecular weight is 1110 g/mol. The van der Waals surface area contributed by atoms with E-state index in [0.29, 0.717) is 5.02 Å². The molecule has 0 atom stereocenters. The first-order valence-electron chi connectivity index (χ1n) is 28.7. The van der Waals surface area contributed by atoms with Crippen LogP contribution in [0.4, 0.5) is 68.2 Å². The van der Waals surface area contributed by atoms with Crippen LogP contribution in [0.2, 0.25) is 5.02 Å². The summed E-state index contributed by atoms with van der Waals surface area (Å²) in [5.74, 6) is 0. The van der Waals surface area contributed by atoms with Crippen molar-refractivity contribution in [2.45, 2.75) is 106 Å². The molecule has 0 fully saturated rings. The molecule has 0 radical (unpaired) electrons. The molecule has 11 aromatic rings. The van der Waals surface area contributed by atoms with Crippen LogP contribution < -0.4 is 19.6 Å². The normalized spacial score (nSPS) is 12.0. The molecule has 0 N–H and O–H groups in total. The van der Waals surface area contributed by atoms with E-state index in [1.165, 1.54) is 48.9 Å². The van der Waals surface area contributed by atoms with Crippen LogP contribution >= 0.6 is 22.9 Å². The highest BCUT2D eigenvalue weighted by Crippen LogP contribution is 2.55. The Morgan fingerprint density at radius 2 is 0.659 bits per heavy atom. The lowest BCUT2D eigenvalue weighted by molar-refractivity contribution is 0.589. The van der Waals surface area contributed by atoms with Gasteiger partial charge in [0, 0.05) is 61.0 Å². The molecule has 0 saturated heterocycles. The number of benzene rings is 10. The maximum atomic E-state index is 8.45. The van der Waals surface area contributed by atoms with Gasteiger partial charge in [-0.05, 0) is 182 Å². The average Bonchev–Trinajstić information content (AvgIpc) is 3.20. The van der Waals surface area contributed by atoms with Crippen molar-refractivity contribution < 1.29 is 0 Å². The molecule has 0 spiro atoms. The Morgan fingerprint density at radius 1 is 0.305 bits per heavy atom. The molecule has 0 aliphatic carbocycles. The van der Waals surface area contributed by atoms with E-state index in [1.54, 1.807) is 0 Å². The van der Waals surface area contributed by atoms with Gasteiger partial charge in [0.05, 0.1) is 32.5 Å². The highest BCUT2D eigenvalue weighted by molar-refractivity contribution is 7.26. The molecule has 0 amide bonds. The first-order chi connectivity index (χ1) is 39.1. The second-order valence-corrected chi connectivity index (χ2v) is 26.7. The zero-order chi connectivity index (χ0) is 57.8. The van der Waals surface area contributed by atoms with Gasteiger partial charge in [-0.15, -0.1) is 11.3 Å². The Morgan fingerprint density at radius 3 is 1.10 bits per heavy atom. The highest BCUT2D eigenvalue weighted by atomic mass is 35.5. The zero-order valence-electron chi connectivity index (χ0n) is 49.9. The van der Waals surface area contributed by atoms with Gasteiger partial charge in [0.2, 0.25) is 0 Å². The topological polar surface area (TPSA) is 13.0 Å². The predicted molar refractivity (Wildman–Crippen MR) is 358 cm³/mol. The molecule has 0 aliphatic rings. The SMILES string of the molecule is Cc1ccc(N(c2ccc(C)cc2)c2cccc(N(c3ccc(C(C)(C)C)cc3)c3cc(C(C)(C)C)cc(N(c4ccc(C(C)(C)C)cc4)c4ccc(N(c5ccc(C)cc5)c5ccc(C)cc5)c5c4sc4ccccc45)c3Cl)c2)cc1. The number of thiophene rings is 1. The smallest absolute Gasteiger partial charge is 0.0887 e. The van der Waals surface area contributed by atoms with Crippen molar-refractivity contribution in [1.29, 1.82) is 0 Å². The molecule has 0 bridgehead atoms. The number of anilines is 12. The Hall–Kier alpha value is -8.09. The fraction of sp³-hybridized carbons (Fsp3) is 0.211. The van der Waals surface area contributed by atoms with Crippen LogP contribution in [0, 0.1) is 27.7 Å². The number of rotatable bonds is 12. The molecule has 10 aromatic carbocycles. The second kappa shape index (κ2) is 22.0. The van der Waals surface area contributed by atoms with E-state index >= 15 is 0 Å². The van der Waals surface area contributed by atoms with Crippen molar-refractivity contribution in [1.82, 2.24) is 0 Å². The van der Waals surface area contributed by atoms with Crippen molar-refractivity contribution in [2.24, 2.45) is 0 Å². The van der Waals surface area contributed by atoms with Crippen LogP contribution in [0.25, 0.3) is 20.2 Å². The van der Waals surface area contributed by atoms with Gasteiger partial charge in [-0.25, -0.2) is 0 Å². The lowest BCUT2D eigenvalue weighted by Crippen LogP contribution is -2.19. The van der Waals surface area contributed by atoms with Crippen molar-refractivity contribution in [2.75, 3.05) is 19.6 Å². The summed E-state index contributed by atoms with van der Waals surface area (Å²) in [4.78, 5) is 9.58. The fourth-order valence-electron chi connectivity index (χ4n) is 11.0. The third-order valence-corrected chi connectivity index (χ3v) is 17.4. The van der Waals surface area contributed by atoms with Gasteiger partial charge in [0.25, 0.3) is 0 Å². The van der Waals surface area contributed by atoms with Gasteiger partial charge in [0.1, 0.15) is 0 Å². The molecule has 0 saturated carbocycles. The van der Waals surface area contributed by atoms with Crippen molar-refractivity contribution in [3.05, 3.63) is 262 Å². The van der Waals surface area contributed by atoms with Crippen LogP contribution in [0.1, 0.15) is 101 Å². The summed E-state index contributed by atoms with van der Waals surface area (Å²) in [5.41, 5.74) is 20.5. The standard InChI is InChI=1S/C76H75ClN4S/c1-50-21-33-57(34-22-50)78(58-35-23-51(2)24-36-58)63-17-16-18-64(49-63)80(61-41-29-54(30-42-61)74(5,6)7)68-47-56(76(11,12)13)48-69(72(68)77)81(62-43-31-55(32-44-62)75(8,9)10)67-46-45-66(71-65-19-14-15-20-70(65)82-73(67)71)79(59-37-25-52(3)26-38-59)60-39-27-53(4)28-40-60/h14-49H,1-13H3. The molecule has 1 heterocycles. The number of fused-ring (bicyclic) bond motifs is 3. The number of hydrogen-bond donors (Lipinski definition) is 0. The van der Waals surface area contributed by atoms with Crippen molar-refractivity contribution in [3.8, 4) is 0 Å². The largest absolute Gasteiger partial charge is 0.310 e. The molecule has 11 rings (SSSR count). The van der Waals surface area contributed by atoms with E-state index < -0.39 is 0 Å². The lowest BCUT2D eigenvalue weighted by Gasteiger charge is -2.35. The van der Waals surface area contributed by atoms with Crippen LogP contribution in [0.15, 0.2) is 218 Å². The minimum atomic E-state index is -0.285. The Labute approximate surface area is 496 Å². The summed E-state index contributed by atoms with van der Waals surface area (Å²) in [6.07, 6.45) is 0. The Bertz CT molecular complexity index is 3970. The van der Waals surface area contributed by atoms with Gasteiger partial charge in [-0.2, -0.15) is 0 Å². The maximum absolute atomic E-state index is 8.45. The van der Waals surface area contributed by atoms with E-state index in [2.05, 4.69) is 328 Å². The summed E-state index contributed by atoms with van der Waals surface area (Å²) in [6.45, 7) is 29.2. The molecule has 82 heavy (non-hydrogen) atoms. The summed E-state index contributed by atoms with van der Waals surface area (Å²) in [6, 6.07) is 80.8. The minimum absolute atomic E-state index is 0.0450. The second-order valence-electron chi connectivity index (χ2n) is 25.3. The number of hydrogen-bond acceptors (Lipinski definition) is 5. The summed E-state index contributed by atoms with van der Waals surface area (Å²) in [7, 11) is 0. The third-order valence-electron chi connectivity index (χ3n) is 15.8. The van der Waals surface area contributed by atoms with E-state index in [9.17, 15) is 0 Å². The molecule has 412 valence electrons. The molecular weight excluding hydrogens is 1040 g/mol. The quantitative estimate of drug-likeness (QED) is 0.121. The number of aryl methyl sites for hydroxylation is 4. The lowest BCUT2D eigenvalue weighted by atomic mass is 9.85. The van der Waals surface area contributed by atoms with Crippen LogP contribution in [-0.4, -0.2) is 0 Å². The van der Waals surface area contributed by atoms with Crippen molar-refractivity contribution >= 4 is 111 Å². The van der Waals surface area contributed by atoms with Crippen LogP contribution in [0.5, 0.6) is 0 Å². The predicted octanol–water partition coefficient (Wildman–Crippen LogP) is 23.7. The summed E-state index contributed by atoms with van der Waals surface area (Å²) in [5, 5.41) is 3.02. The molecule has 0 unspecified atom stereocenters. The van der Waals surface area contributed by atoms with E-state index in [4.69, 9.17) is 11.6 Å². The third kappa shape index (κ3) is 11.2. The Kier molecular flexibility index (Phi) is 15.0. The highest BCUT2D eigenvalue weighted by Gasteiger charge is 2.31. The molecule has 0 aliphatic heterocycles. The van der Waals surface area contributed by atoms with Crippen LogP contribution in [-0.2, 0) is 16.2 Å². The van der Waals surface area contributed by atoms with Crippen molar-refractivity contribution in [3.63, 3.8) is 0 Å². The molecule has 6 heteroatoms. The van der Waals surface area contributed by atoms with Gasteiger partial charge >= 0.3 is 0 Å². The van der Waals surface area contributed by atoms with E-state index in [0.717, 1.165) is 78.5 Å². The number of nitrogens with zero attached hydrogens (tertiary/aromatic N) is 4. The van der Waals surface area contributed by atoms with Gasteiger partial charge < -0.3 is 19.6 Å². The zero-order valence-corrected chi connectivity index (χ0v) is 51.4. The van der Waals surface area contributed by atoms with Crippen LogP contribution in [0.3, 0.4) is 0 Å². The minimum Gasteiger partial charge on any atom is -0.310 e. The summed E-state index contributed by atoms with van der Waals surface area (Å²) >= 11 is 10.3. The first kappa shape index (κ1) is 55.8. The number of halogens is 1.